The van der Waals surface area contributed by atoms with Gasteiger partial charge in [-0.1, -0.05) is 18.0 Å². The van der Waals surface area contributed by atoms with Crippen LogP contribution >= 0.6 is 22.9 Å². The number of aromatic nitrogens is 2. The maximum Gasteiger partial charge on any atom is 0.176 e. The molecule has 2 aromatic rings. The molecule has 0 radical (unpaired) electrons. The Balaban J connectivity index is 1.52. The summed E-state index contributed by atoms with van der Waals surface area (Å²) in [7, 11) is 0. The topological polar surface area (TPSA) is 42.9 Å². The number of Topliss-reactive ketones (excluding diaryl/α,β-unsaturated/α-hetero) is 1. The van der Waals surface area contributed by atoms with Crippen LogP contribution in [0.15, 0.2) is 24.5 Å². The molecule has 2 aliphatic carbocycles. The van der Waals surface area contributed by atoms with E-state index in [4.69, 9.17) is 11.6 Å². The lowest BCUT2D eigenvalue weighted by Gasteiger charge is -2.20. The molecule has 0 spiro atoms. The van der Waals surface area contributed by atoms with Gasteiger partial charge in [-0.3, -0.25) is 9.78 Å². The molecule has 0 amide bonds. The van der Waals surface area contributed by atoms with Crippen LogP contribution in [0.4, 0.5) is 0 Å². The first kappa shape index (κ1) is 14.3. The van der Waals surface area contributed by atoms with Gasteiger partial charge in [-0.15, -0.1) is 11.3 Å². The smallest absolute Gasteiger partial charge is 0.176 e. The first-order valence-corrected chi connectivity index (χ1v) is 9.00. The highest BCUT2D eigenvalue weighted by Crippen LogP contribution is 2.50. The van der Waals surface area contributed by atoms with Crippen molar-refractivity contribution in [1.29, 1.82) is 0 Å². The summed E-state index contributed by atoms with van der Waals surface area (Å²) in [4.78, 5) is 21.7. The van der Waals surface area contributed by atoms with Crippen molar-refractivity contribution in [2.45, 2.75) is 32.1 Å². The molecule has 5 heteroatoms. The van der Waals surface area contributed by atoms with E-state index in [0.29, 0.717) is 22.4 Å². The average Bonchev–Trinajstić information content (AvgIpc) is 3.23. The number of halogens is 1. The molecule has 0 unspecified atom stereocenters. The highest BCUT2D eigenvalue weighted by Gasteiger charge is 2.40. The summed E-state index contributed by atoms with van der Waals surface area (Å²) in [5, 5.41) is 1.12. The van der Waals surface area contributed by atoms with Crippen molar-refractivity contribution in [1.82, 2.24) is 9.97 Å². The van der Waals surface area contributed by atoms with Crippen LogP contribution in [0.5, 0.6) is 0 Å². The Kier molecular flexibility index (Phi) is 3.74. The van der Waals surface area contributed by atoms with Gasteiger partial charge >= 0.3 is 0 Å². The Hall–Kier alpha value is -1.26. The summed E-state index contributed by atoms with van der Waals surface area (Å²) < 4.78 is 0. The number of carbonyl (C=O) groups is 1. The number of hydrogen-bond donors (Lipinski definition) is 0. The quantitative estimate of drug-likeness (QED) is 0.750. The lowest BCUT2D eigenvalue weighted by molar-refractivity contribution is 0.0948. The van der Waals surface area contributed by atoms with Gasteiger partial charge in [0.25, 0.3) is 0 Å². The Morgan fingerprint density at radius 1 is 1.36 bits per heavy atom. The van der Waals surface area contributed by atoms with E-state index in [0.717, 1.165) is 22.4 Å². The van der Waals surface area contributed by atoms with Crippen molar-refractivity contribution in [2.75, 3.05) is 0 Å². The molecule has 2 heterocycles. The zero-order chi connectivity index (χ0) is 15.1. The molecule has 2 aromatic heterocycles. The number of thiazole rings is 1. The lowest BCUT2D eigenvalue weighted by Crippen LogP contribution is -2.14. The van der Waals surface area contributed by atoms with Gasteiger partial charge in [0, 0.05) is 24.4 Å². The Labute approximate surface area is 138 Å². The first-order chi connectivity index (χ1) is 10.7. The van der Waals surface area contributed by atoms with E-state index in [9.17, 15) is 4.79 Å². The zero-order valence-corrected chi connectivity index (χ0v) is 13.7. The number of nitrogens with zero attached hydrogens (tertiary/aromatic N) is 2. The average molecular weight is 333 g/mol. The molecule has 2 fully saturated rings. The fourth-order valence-corrected chi connectivity index (χ4v) is 5.30. The van der Waals surface area contributed by atoms with Crippen LogP contribution in [0.1, 0.15) is 41.8 Å². The third kappa shape index (κ3) is 2.59. The Morgan fingerprint density at radius 2 is 2.27 bits per heavy atom. The molecule has 4 rings (SSSR count). The molecule has 0 saturated heterocycles. The number of rotatable bonds is 4. The second kappa shape index (κ2) is 5.74. The predicted molar refractivity (Wildman–Crippen MR) is 88.2 cm³/mol. The molecule has 3 atom stereocenters. The van der Waals surface area contributed by atoms with Crippen molar-refractivity contribution < 1.29 is 4.79 Å². The molecule has 0 aromatic carbocycles. The molecule has 2 aliphatic rings. The van der Waals surface area contributed by atoms with Crippen LogP contribution in [-0.4, -0.2) is 15.8 Å². The van der Waals surface area contributed by atoms with Gasteiger partial charge in [0.15, 0.2) is 10.9 Å². The van der Waals surface area contributed by atoms with Gasteiger partial charge in [-0.2, -0.15) is 0 Å². The maximum absolute atomic E-state index is 12.6. The van der Waals surface area contributed by atoms with E-state index in [1.54, 1.807) is 12.4 Å². The molecule has 2 saturated carbocycles. The van der Waals surface area contributed by atoms with E-state index < -0.39 is 0 Å². The molecule has 0 aliphatic heterocycles. The summed E-state index contributed by atoms with van der Waals surface area (Å²) >= 11 is 7.60. The Bertz CT molecular complexity index is 700. The van der Waals surface area contributed by atoms with E-state index >= 15 is 0 Å². The molecular weight excluding hydrogens is 316 g/mol. The van der Waals surface area contributed by atoms with E-state index in [-0.39, 0.29) is 5.78 Å². The molecule has 3 nitrogen and oxygen atoms in total. The standard InChI is InChI=1S/C17H17ClN2OS/c18-16-15(22-17(20-16)12-2-1-5-19-9-12)14(21)8-13-7-10-3-4-11(13)6-10/h1-2,5,9-11,13H,3-4,6-8H2/t10-,11+,13-/m0/s1. The van der Waals surface area contributed by atoms with Crippen LogP contribution < -0.4 is 0 Å². The Morgan fingerprint density at radius 3 is 2.95 bits per heavy atom. The van der Waals surface area contributed by atoms with Crippen LogP contribution in [0.3, 0.4) is 0 Å². The number of ketones is 1. The number of hydrogen-bond acceptors (Lipinski definition) is 4. The summed E-state index contributed by atoms with van der Waals surface area (Å²) in [6.45, 7) is 0. The SMILES string of the molecule is O=C(C[C@@H]1C[C@H]2CC[C@@H]1C2)c1sc(-c2cccnc2)nc1Cl. The second-order valence-corrected chi connectivity index (χ2v) is 7.80. The minimum Gasteiger partial charge on any atom is -0.293 e. The van der Waals surface area contributed by atoms with Crippen LogP contribution in [0.25, 0.3) is 10.6 Å². The van der Waals surface area contributed by atoms with Crippen molar-refractivity contribution in [3.05, 3.63) is 34.6 Å². The fraction of sp³-hybridized carbons (Fsp3) is 0.471. The van der Waals surface area contributed by atoms with Crippen molar-refractivity contribution >= 4 is 28.7 Å². The van der Waals surface area contributed by atoms with Gasteiger partial charge < -0.3 is 0 Å². The molecule has 2 bridgehead atoms. The third-order valence-corrected chi connectivity index (χ3v) is 6.61. The summed E-state index contributed by atoms with van der Waals surface area (Å²) in [5.41, 5.74) is 0.911. The van der Waals surface area contributed by atoms with E-state index in [1.807, 2.05) is 12.1 Å². The molecular formula is C17H17ClN2OS. The summed E-state index contributed by atoms with van der Waals surface area (Å²) in [5.74, 6) is 2.35. The highest BCUT2D eigenvalue weighted by molar-refractivity contribution is 7.17. The third-order valence-electron chi connectivity index (χ3n) is 5.08. The largest absolute Gasteiger partial charge is 0.293 e. The van der Waals surface area contributed by atoms with Gasteiger partial charge in [-0.25, -0.2) is 4.98 Å². The minimum atomic E-state index is 0.162. The van der Waals surface area contributed by atoms with Gasteiger partial charge in [0.05, 0.1) is 0 Å². The normalized spacial score (nSPS) is 26.5. The number of fused-ring (bicyclic) bond motifs is 2. The van der Waals surface area contributed by atoms with Crippen molar-refractivity contribution in [3.8, 4) is 10.6 Å². The monoisotopic (exact) mass is 332 g/mol. The number of pyridine rings is 1. The first-order valence-electron chi connectivity index (χ1n) is 7.80. The molecule has 0 N–H and O–H groups in total. The van der Waals surface area contributed by atoms with E-state index in [1.165, 1.54) is 37.0 Å². The second-order valence-electron chi connectivity index (χ2n) is 6.44. The summed E-state index contributed by atoms with van der Waals surface area (Å²) in [6.07, 6.45) is 9.33. The van der Waals surface area contributed by atoms with Crippen LogP contribution in [-0.2, 0) is 0 Å². The van der Waals surface area contributed by atoms with Gasteiger partial charge in [0.2, 0.25) is 0 Å². The summed E-state index contributed by atoms with van der Waals surface area (Å²) in [6, 6.07) is 3.80. The zero-order valence-electron chi connectivity index (χ0n) is 12.2. The van der Waals surface area contributed by atoms with Gasteiger partial charge in [0.1, 0.15) is 9.88 Å². The highest BCUT2D eigenvalue weighted by atomic mass is 35.5. The van der Waals surface area contributed by atoms with Crippen LogP contribution in [0.2, 0.25) is 5.15 Å². The van der Waals surface area contributed by atoms with E-state index in [2.05, 4.69) is 9.97 Å². The van der Waals surface area contributed by atoms with Gasteiger partial charge in [-0.05, 0) is 49.1 Å². The molecule has 22 heavy (non-hydrogen) atoms. The van der Waals surface area contributed by atoms with Crippen molar-refractivity contribution in [2.24, 2.45) is 17.8 Å². The predicted octanol–water partition coefficient (Wildman–Crippen LogP) is 4.87. The minimum absolute atomic E-state index is 0.162. The fourth-order valence-electron chi connectivity index (χ4n) is 4.04. The lowest BCUT2D eigenvalue weighted by atomic mass is 9.85. The molecule has 114 valence electrons. The number of carbonyl (C=O) groups excluding carboxylic acids is 1. The van der Waals surface area contributed by atoms with Crippen molar-refractivity contribution in [3.63, 3.8) is 0 Å². The van der Waals surface area contributed by atoms with Crippen LogP contribution in [0, 0.1) is 17.8 Å². The maximum atomic E-state index is 12.6.